The predicted molar refractivity (Wildman–Crippen MR) is 92.0 cm³/mol. The maximum Gasteiger partial charge on any atom is 0.255 e. The van der Waals surface area contributed by atoms with Crippen molar-refractivity contribution in [3.63, 3.8) is 0 Å². The Morgan fingerprint density at radius 2 is 2.08 bits per heavy atom. The van der Waals surface area contributed by atoms with E-state index in [2.05, 4.69) is 20.0 Å². The second kappa shape index (κ2) is 6.18. The first-order valence-electron chi connectivity index (χ1n) is 7.77. The molecule has 1 aromatic carbocycles. The monoisotopic (exact) mass is 340 g/mol. The van der Waals surface area contributed by atoms with E-state index >= 15 is 0 Å². The molecule has 24 heavy (non-hydrogen) atoms. The molecule has 0 saturated carbocycles. The fourth-order valence-corrected chi connectivity index (χ4v) is 3.24. The van der Waals surface area contributed by atoms with Gasteiger partial charge in [-0.1, -0.05) is 35.5 Å². The van der Waals surface area contributed by atoms with Gasteiger partial charge in [0.1, 0.15) is 0 Å². The molecule has 0 unspecified atom stereocenters. The summed E-state index contributed by atoms with van der Waals surface area (Å²) in [7, 11) is 0. The van der Waals surface area contributed by atoms with E-state index in [0.29, 0.717) is 24.3 Å². The van der Waals surface area contributed by atoms with Gasteiger partial charge in [0.15, 0.2) is 10.5 Å². The van der Waals surface area contributed by atoms with Crippen LogP contribution in [0.3, 0.4) is 0 Å². The van der Waals surface area contributed by atoms with E-state index in [0.717, 1.165) is 34.8 Å². The van der Waals surface area contributed by atoms with E-state index in [-0.39, 0.29) is 5.56 Å². The zero-order valence-electron chi connectivity index (χ0n) is 12.9. The zero-order valence-corrected chi connectivity index (χ0v) is 13.7. The quantitative estimate of drug-likeness (QED) is 0.717. The lowest BCUT2D eigenvalue weighted by Gasteiger charge is -2.26. The topological polar surface area (TPSA) is 77.9 Å². The molecular formula is C17H16N4O2S. The number of hydrogen-bond acceptors (Lipinski definition) is 5. The number of fused-ring (bicyclic) bond motifs is 1. The Labute approximate surface area is 143 Å². The van der Waals surface area contributed by atoms with Crippen molar-refractivity contribution in [2.45, 2.75) is 19.5 Å². The van der Waals surface area contributed by atoms with Gasteiger partial charge in [0, 0.05) is 42.5 Å². The Kier molecular flexibility index (Phi) is 3.87. The molecule has 0 aliphatic carbocycles. The minimum Gasteiger partial charge on any atom is -0.356 e. The standard InChI is InChI=1S/C17H16N4O2S/c22-16-13-6-7-21(10-14(13)18-17(24)19-16)9-12-8-15(23-20-12)11-4-2-1-3-5-11/h1-5,8H,6-7,9-10H2,(H2,18,19,22,24). The fourth-order valence-electron chi connectivity index (χ4n) is 3.02. The number of aromatic amines is 2. The van der Waals surface area contributed by atoms with Gasteiger partial charge >= 0.3 is 0 Å². The second-order valence-corrected chi connectivity index (χ2v) is 6.28. The van der Waals surface area contributed by atoms with Crippen molar-refractivity contribution in [2.75, 3.05) is 6.54 Å². The summed E-state index contributed by atoms with van der Waals surface area (Å²) in [6, 6.07) is 11.9. The minimum absolute atomic E-state index is 0.0822. The maximum absolute atomic E-state index is 11.9. The van der Waals surface area contributed by atoms with E-state index in [9.17, 15) is 4.79 Å². The molecule has 0 fully saturated rings. The summed E-state index contributed by atoms with van der Waals surface area (Å²) in [5, 5.41) is 4.16. The lowest BCUT2D eigenvalue weighted by molar-refractivity contribution is 0.233. The lowest BCUT2D eigenvalue weighted by atomic mass is 10.1. The predicted octanol–water partition coefficient (Wildman–Crippen LogP) is 2.65. The number of H-pyrrole nitrogens is 2. The number of aromatic nitrogens is 3. The van der Waals surface area contributed by atoms with Gasteiger partial charge in [0.05, 0.1) is 5.69 Å². The molecule has 0 bridgehead atoms. The maximum atomic E-state index is 11.9. The number of rotatable bonds is 3. The van der Waals surface area contributed by atoms with Crippen molar-refractivity contribution in [1.82, 2.24) is 20.0 Å². The molecule has 1 aliphatic heterocycles. The van der Waals surface area contributed by atoms with Crippen molar-refractivity contribution in [3.05, 3.63) is 68.5 Å². The first kappa shape index (κ1) is 15.0. The van der Waals surface area contributed by atoms with Gasteiger partial charge in [-0.25, -0.2) is 0 Å². The molecule has 0 amide bonds. The molecular weight excluding hydrogens is 324 g/mol. The van der Waals surface area contributed by atoms with Crippen LogP contribution in [0.5, 0.6) is 0 Å². The van der Waals surface area contributed by atoms with Crippen LogP contribution in [0.1, 0.15) is 17.0 Å². The van der Waals surface area contributed by atoms with Crippen molar-refractivity contribution >= 4 is 12.2 Å². The summed E-state index contributed by atoms with van der Waals surface area (Å²) in [6.45, 7) is 2.12. The van der Waals surface area contributed by atoms with Gasteiger partial charge in [-0.15, -0.1) is 0 Å². The average molecular weight is 340 g/mol. The van der Waals surface area contributed by atoms with Crippen molar-refractivity contribution in [2.24, 2.45) is 0 Å². The van der Waals surface area contributed by atoms with Gasteiger partial charge in [-0.2, -0.15) is 0 Å². The molecule has 2 aromatic heterocycles. The summed E-state index contributed by atoms with van der Waals surface area (Å²) in [5.74, 6) is 0.763. The molecule has 0 atom stereocenters. The highest BCUT2D eigenvalue weighted by Gasteiger charge is 2.20. The molecule has 6 nitrogen and oxygen atoms in total. The van der Waals surface area contributed by atoms with Crippen molar-refractivity contribution < 1.29 is 4.52 Å². The normalized spacial score (nSPS) is 14.5. The Balaban J connectivity index is 1.52. The van der Waals surface area contributed by atoms with Gasteiger partial charge < -0.3 is 9.51 Å². The largest absolute Gasteiger partial charge is 0.356 e. The van der Waals surface area contributed by atoms with Crippen LogP contribution in [0.25, 0.3) is 11.3 Å². The number of nitrogens with zero attached hydrogens (tertiary/aromatic N) is 2. The minimum atomic E-state index is -0.0822. The van der Waals surface area contributed by atoms with E-state index < -0.39 is 0 Å². The highest BCUT2D eigenvalue weighted by Crippen LogP contribution is 2.22. The first-order valence-corrected chi connectivity index (χ1v) is 8.17. The summed E-state index contributed by atoms with van der Waals surface area (Å²) >= 11 is 5.05. The van der Waals surface area contributed by atoms with E-state index in [1.807, 2.05) is 36.4 Å². The summed E-state index contributed by atoms with van der Waals surface area (Å²) in [5.41, 5.74) is 3.49. The van der Waals surface area contributed by atoms with Crippen LogP contribution in [0.2, 0.25) is 0 Å². The van der Waals surface area contributed by atoms with Gasteiger partial charge in [-0.3, -0.25) is 14.7 Å². The number of nitrogens with one attached hydrogen (secondary N) is 2. The van der Waals surface area contributed by atoms with E-state index in [1.54, 1.807) is 0 Å². The van der Waals surface area contributed by atoms with Crippen LogP contribution in [0.4, 0.5) is 0 Å². The summed E-state index contributed by atoms with van der Waals surface area (Å²) < 4.78 is 5.81. The van der Waals surface area contributed by atoms with Crippen LogP contribution in [0, 0.1) is 4.77 Å². The van der Waals surface area contributed by atoms with E-state index in [4.69, 9.17) is 16.7 Å². The van der Waals surface area contributed by atoms with Gasteiger partial charge in [0.2, 0.25) is 0 Å². The van der Waals surface area contributed by atoms with Gasteiger partial charge in [0.25, 0.3) is 5.56 Å². The molecule has 3 heterocycles. The summed E-state index contributed by atoms with van der Waals surface area (Å²) in [4.78, 5) is 19.9. The molecule has 7 heteroatoms. The number of hydrogen-bond donors (Lipinski definition) is 2. The highest BCUT2D eigenvalue weighted by atomic mass is 32.1. The molecule has 1 aliphatic rings. The average Bonchev–Trinajstić information content (AvgIpc) is 3.03. The Bertz CT molecular complexity index is 974. The molecule has 4 rings (SSSR count). The smallest absolute Gasteiger partial charge is 0.255 e. The molecule has 3 aromatic rings. The van der Waals surface area contributed by atoms with Crippen LogP contribution in [-0.4, -0.2) is 26.6 Å². The number of benzene rings is 1. The van der Waals surface area contributed by atoms with Crippen LogP contribution in [-0.2, 0) is 19.5 Å². The fraction of sp³-hybridized carbons (Fsp3) is 0.235. The SMILES string of the molecule is O=c1[nH]c(=S)[nH]c2c1CCN(Cc1cc(-c3ccccc3)on1)C2. The van der Waals surface area contributed by atoms with Crippen LogP contribution in [0.15, 0.2) is 45.7 Å². The lowest BCUT2D eigenvalue weighted by Crippen LogP contribution is -2.34. The third kappa shape index (κ3) is 2.95. The Morgan fingerprint density at radius 1 is 1.25 bits per heavy atom. The Hall–Kier alpha value is -2.51. The highest BCUT2D eigenvalue weighted by molar-refractivity contribution is 7.71. The van der Waals surface area contributed by atoms with E-state index in [1.165, 1.54) is 0 Å². The molecule has 0 saturated heterocycles. The Morgan fingerprint density at radius 3 is 2.92 bits per heavy atom. The molecule has 0 radical (unpaired) electrons. The summed E-state index contributed by atoms with van der Waals surface area (Å²) in [6.07, 6.45) is 0.695. The second-order valence-electron chi connectivity index (χ2n) is 5.87. The zero-order chi connectivity index (χ0) is 16.5. The third-order valence-corrected chi connectivity index (χ3v) is 4.40. The van der Waals surface area contributed by atoms with Crippen molar-refractivity contribution in [1.29, 1.82) is 0 Å². The molecule has 2 N–H and O–H groups in total. The molecule has 122 valence electrons. The first-order chi connectivity index (χ1) is 11.7. The molecule has 0 spiro atoms. The van der Waals surface area contributed by atoms with Crippen LogP contribution < -0.4 is 5.56 Å². The third-order valence-electron chi connectivity index (χ3n) is 4.19. The van der Waals surface area contributed by atoms with Crippen molar-refractivity contribution in [3.8, 4) is 11.3 Å². The van der Waals surface area contributed by atoms with Crippen LogP contribution >= 0.6 is 12.2 Å². The van der Waals surface area contributed by atoms with Gasteiger partial charge in [-0.05, 0) is 18.6 Å².